The van der Waals surface area contributed by atoms with Gasteiger partial charge >= 0.3 is 0 Å². The minimum absolute atomic E-state index is 0.0503. The first kappa shape index (κ1) is 18.9. The Morgan fingerprint density at radius 2 is 1.79 bits per heavy atom. The highest BCUT2D eigenvalue weighted by atomic mass is 19.1. The molecule has 1 saturated carbocycles. The number of carbonyl (C=O) groups excluding carboxylic acids is 1. The van der Waals surface area contributed by atoms with Crippen molar-refractivity contribution in [3.8, 4) is 0 Å². The van der Waals surface area contributed by atoms with Crippen LogP contribution in [0.3, 0.4) is 0 Å². The number of benzene rings is 2. The van der Waals surface area contributed by atoms with E-state index in [9.17, 15) is 9.18 Å². The summed E-state index contributed by atoms with van der Waals surface area (Å²) in [4.78, 5) is 15.1. The summed E-state index contributed by atoms with van der Waals surface area (Å²) in [7, 11) is 0. The van der Waals surface area contributed by atoms with Crippen LogP contribution in [0.5, 0.6) is 0 Å². The van der Waals surface area contributed by atoms with Crippen LogP contribution in [0.15, 0.2) is 48.5 Å². The monoisotopic (exact) mass is 382 g/mol. The summed E-state index contributed by atoms with van der Waals surface area (Å²) in [5, 5.41) is 2.95. The van der Waals surface area contributed by atoms with Crippen molar-refractivity contribution in [1.82, 2.24) is 0 Å². The molecule has 2 aromatic rings. The van der Waals surface area contributed by atoms with Crippen molar-refractivity contribution in [3.05, 3.63) is 59.9 Å². The van der Waals surface area contributed by atoms with Crippen molar-refractivity contribution in [1.29, 1.82) is 0 Å². The van der Waals surface area contributed by atoms with Gasteiger partial charge in [-0.1, -0.05) is 36.8 Å². The Morgan fingerprint density at radius 1 is 1.11 bits per heavy atom. The third-order valence-corrected chi connectivity index (χ3v) is 5.93. The molecule has 28 heavy (non-hydrogen) atoms. The Bertz CT molecular complexity index is 841. The molecule has 0 aromatic heterocycles. The number of amides is 1. The van der Waals surface area contributed by atoms with Crippen molar-refractivity contribution in [2.24, 2.45) is 0 Å². The lowest BCUT2D eigenvalue weighted by atomic mass is 9.64. The molecule has 2 aromatic carbocycles. The van der Waals surface area contributed by atoms with Crippen molar-refractivity contribution < 1.29 is 13.9 Å². The highest BCUT2D eigenvalue weighted by Gasteiger charge is 2.45. The van der Waals surface area contributed by atoms with Gasteiger partial charge in [0.15, 0.2) is 0 Å². The van der Waals surface area contributed by atoms with Crippen molar-refractivity contribution in [2.75, 3.05) is 23.3 Å². The molecular formula is C23H27FN2O2. The quantitative estimate of drug-likeness (QED) is 0.847. The minimum atomic E-state index is -0.495. The number of morpholine rings is 1. The highest BCUT2D eigenvalue weighted by molar-refractivity contribution is 6.00. The molecule has 4 rings (SSSR count). The Kier molecular flexibility index (Phi) is 5.11. The summed E-state index contributed by atoms with van der Waals surface area (Å²) in [5.41, 5.74) is 1.60. The van der Waals surface area contributed by atoms with Crippen LogP contribution in [0.1, 0.15) is 38.7 Å². The molecule has 0 spiro atoms. The lowest BCUT2D eigenvalue weighted by Crippen LogP contribution is -2.46. The third-order valence-electron chi connectivity index (χ3n) is 5.93. The molecule has 4 nitrogen and oxygen atoms in total. The molecule has 0 unspecified atom stereocenters. The minimum Gasteiger partial charge on any atom is -0.372 e. The van der Waals surface area contributed by atoms with E-state index in [0.29, 0.717) is 24.5 Å². The molecule has 148 valence electrons. The van der Waals surface area contributed by atoms with E-state index < -0.39 is 5.41 Å². The fourth-order valence-corrected chi connectivity index (χ4v) is 4.40. The van der Waals surface area contributed by atoms with Crippen LogP contribution >= 0.6 is 0 Å². The van der Waals surface area contributed by atoms with Crippen LogP contribution in [-0.4, -0.2) is 31.2 Å². The van der Waals surface area contributed by atoms with Crippen molar-refractivity contribution >= 4 is 17.3 Å². The topological polar surface area (TPSA) is 41.6 Å². The average molecular weight is 382 g/mol. The lowest BCUT2D eigenvalue weighted by molar-refractivity contribution is -0.124. The van der Waals surface area contributed by atoms with E-state index in [2.05, 4.69) is 5.32 Å². The molecule has 0 radical (unpaired) electrons. The first-order valence-corrected chi connectivity index (χ1v) is 10.0. The molecule has 2 atom stereocenters. The second-order valence-corrected chi connectivity index (χ2v) is 8.08. The summed E-state index contributed by atoms with van der Waals surface area (Å²) >= 11 is 0. The summed E-state index contributed by atoms with van der Waals surface area (Å²) < 4.78 is 20.6. The molecule has 1 heterocycles. The summed E-state index contributed by atoms with van der Waals surface area (Å²) in [6.45, 7) is 5.31. The smallest absolute Gasteiger partial charge is 0.235 e. The van der Waals surface area contributed by atoms with E-state index in [1.807, 2.05) is 49.1 Å². The number of anilines is 2. The maximum atomic E-state index is 14.8. The first-order chi connectivity index (χ1) is 13.5. The van der Waals surface area contributed by atoms with Crippen LogP contribution in [0.2, 0.25) is 0 Å². The van der Waals surface area contributed by atoms with E-state index in [0.717, 1.165) is 24.8 Å². The zero-order valence-corrected chi connectivity index (χ0v) is 16.5. The molecule has 2 aliphatic rings. The molecule has 0 bridgehead atoms. The number of halogens is 1. The van der Waals surface area contributed by atoms with Gasteiger partial charge < -0.3 is 15.0 Å². The van der Waals surface area contributed by atoms with Crippen LogP contribution < -0.4 is 10.2 Å². The normalized spacial score (nSPS) is 23.8. The number of hydrogen-bond donors (Lipinski definition) is 1. The van der Waals surface area contributed by atoms with Gasteiger partial charge in [0.1, 0.15) is 5.82 Å². The Morgan fingerprint density at radius 3 is 2.36 bits per heavy atom. The number of hydrogen-bond acceptors (Lipinski definition) is 3. The van der Waals surface area contributed by atoms with Gasteiger partial charge in [-0.2, -0.15) is 0 Å². The van der Waals surface area contributed by atoms with Gasteiger partial charge in [0.2, 0.25) is 5.91 Å². The van der Waals surface area contributed by atoms with Gasteiger partial charge in [-0.3, -0.25) is 4.79 Å². The average Bonchev–Trinajstić information content (AvgIpc) is 2.61. The molecular weight excluding hydrogens is 355 g/mol. The van der Waals surface area contributed by atoms with E-state index in [4.69, 9.17) is 4.74 Å². The number of ether oxygens (including phenoxy) is 1. The molecule has 2 fully saturated rings. The zero-order valence-electron chi connectivity index (χ0n) is 16.5. The molecule has 1 amide bonds. The summed E-state index contributed by atoms with van der Waals surface area (Å²) in [6, 6.07) is 14.9. The van der Waals surface area contributed by atoms with Crippen LogP contribution in [0.4, 0.5) is 15.8 Å². The number of carbonyl (C=O) groups is 1. The van der Waals surface area contributed by atoms with Gasteiger partial charge in [0.25, 0.3) is 0 Å². The lowest BCUT2D eigenvalue weighted by Gasteiger charge is -2.40. The van der Waals surface area contributed by atoms with Gasteiger partial charge in [-0.05, 0) is 50.5 Å². The largest absolute Gasteiger partial charge is 0.372 e. The zero-order chi connectivity index (χ0) is 19.7. The predicted molar refractivity (Wildman–Crippen MR) is 109 cm³/mol. The molecule has 1 aliphatic heterocycles. The maximum Gasteiger partial charge on any atom is 0.235 e. The molecule has 1 N–H and O–H groups in total. The van der Waals surface area contributed by atoms with E-state index in [-0.39, 0.29) is 23.9 Å². The maximum absolute atomic E-state index is 14.8. The SMILES string of the molecule is C[C@@H]1CN(c2ccc(NC(=O)C3(c4ccccc4)CCC3)cc2F)C[C@@H](C)O1. The Labute approximate surface area is 165 Å². The van der Waals surface area contributed by atoms with Gasteiger partial charge in [-0.15, -0.1) is 0 Å². The third kappa shape index (κ3) is 3.51. The second kappa shape index (κ2) is 7.55. The summed E-state index contributed by atoms with van der Waals surface area (Å²) in [6.07, 6.45) is 2.81. The fourth-order valence-electron chi connectivity index (χ4n) is 4.40. The molecule has 1 aliphatic carbocycles. The van der Waals surface area contributed by atoms with Crippen LogP contribution in [0, 0.1) is 5.82 Å². The molecule has 1 saturated heterocycles. The standard InChI is InChI=1S/C23H27FN2O2/c1-16-14-26(15-17(2)28-16)21-10-9-19(13-20(21)24)25-22(27)23(11-6-12-23)18-7-4-3-5-8-18/h3-5,7-10,13,16-17H,6,11-12,14-15H2,1-2H3,(H,25,27)/t16-,17-/m1/s1. The van der Waals surface area contributed by atoms with Crippen LogP contribution in [0.25, 0.3) is 0 Å². The fraction of sp³-hybridized carbons (Fsp3) is 0.435. The Hall–Kier alpha value is -2.40. The van der Waals surface area contributed by atoms with Gasteiger partial charge in [-0.25, -0.2) is 4.39 Å². The first-order valence-electron chi connectivity index (χ1n) is 10.0. The van der Waals surface area contributed by atoms with Gasteiger partial charge in [0, 0.05) is 18.8 Å². The van der Waals surface area contributed by atoms with E-state index >= 15 is 0 Å². The number of nitrogens with one attached hydrogen (secondary N) is 1. The predicted octanol–water partition coefficient (Wildman–Crippen LogP) is 4.50. The van der Waals surface area contributed by atoms with Gasteiger partial charge in [0.05, 0.1) is 23.3 Å². The van der Waals surface area contributed by atoms with E-state index in [1.165, 1.54) is 6.07 Å². The van der Waals surface area contributed by atoms with E-state index in [1.54, 1.807) is 12.1 Å². The summed E-state index contributed by atoms with van der Waals surface area (Å²) in [5.74, 6) is -0.368. The Balaban J connectivity index is 1.51. The number of nitrogens with zero attached hydrogens (tertiary/aromatic N) is 1. The second-order valence-electron chi connectivity index (χ2n) is 8.08. The van der Waals surface area contributed by atoms with Crippen LogP contribution in [-0.2, 0) is 14.9 Å². The van der Waals surface area contributed by atoms with Crippen molar-refractivity contribution in [2.45, 2.75) is 50.7 Å². The van der Waals surface area contributed by atoms with Crippen molar-refractivity contribution in [3.63, 3.8) is 0 Å². The highest BCUT2D eigenvalue weighted by Crippen LogP contribution is 2.44. The number of rotatable bonds is 4. The molecule has 5 heteroatoms.